The monoisotopic (exact) mass is 321 g/mol. The molecule has 1 N–H and O–H groups in total. The minimum absolute atomic E-state index is 0.115. The molecule has 5 heteroatoms. The highest BCUT2D eigenvalue weighted by Crippen LogP contribution is 2.32. The van der Waals surface area contributed by atoms with Crippen LogP contribution in [0.25, 0.3) is 0 Å². The van der Waals surface area contributed by atoms with Gasteiger partial charge < -0.3 is 5.32 Å². The summed E-state index contributed by atoms with van der Waals surface area (Å²) in [4.78, 5) is 0. The molecule has 0 aliphatic heterocycles. The Hall–Kier alpha value is 0.260. The fourth-order valence-corrected chi connectivity index (χ4v) is 5.30. The molecular weight excluding hydrogens is 290 g/mol. The van der Waals surface area contributed by atoms with Gasteiger partial charge in [-0.15, -0.1) is 0 Å². The van der Waals surface area contributed by atoms with E-state index in [1.807, 2.05) is 11.8 Å². The van der Waals surface area contributed by atoms with Crippen molar-refractivity contribution in [2.24, 2.45) is 5.92 Å². The minimum Gasteiger partial charge on any atom is -0.313 e. The van der Waals surface area contributed by atoms with E-state index in [1.54, 1.807) is 0 Å². The van der Waals surface area contributed by atoms with Crippen molar-refractivity contribution in [3.8, 4) is 0 Å². The van der Waals surface area contributed by atoms with Crippen LogP contribution in [0.3, 0.4) is 0 Å². The Morgan fingerprint density at radius 1 is 1.30 bits per heavy atom. The van der Waals surface area contributed by atoms with Crippen molar-refractivity contribution in [1.82, 2.24) is 5.32 Å². The SMILES string of the molecule is CCNC(CSC(C)CC)C1CCCC(S(C)(=O)=O)C1. The van der Waals surface area contributed by atoms with E-state index in [0.29, 0.717) is 17.2 Å². The fourth-order valence-electron chi connectivity index (χ4n) is 2.95. The number of nitrogens with one attached hydrogen (secondary N) is 1. The first kappa shape index (κ1) is 18.3. The maximum absolute atomic E-state index is 11.8. The zero-order valence-corrected chi connectivity index (χ0v) is 15.0. The van der Waals surface area contributed by atoms with Gasteiger partial charge in [-0.05, 0) is 38.1 Å². The van der Waals surface area contributed by atoms with E-state index >= 15 is 0 Å². The van der Waals surface area contributed by atoms with Crippen molar-refractivity contribution in [1.29, 1.82) is 0 Å². The lowest BCUT2D eigenvalue weighted by atomic mass is 9.84. The van der Waals surface area contributed by atoms with Crippen molar-refractivity contribution in [3.05, 3.63) is 0 Å². The molecule has 3 nitrogen and oxygen atoms in total. The zero-order valence-electron chi connectivity index (χ0n) is 13.4. The first-order valence-electron chi connectivity index (χ1n) is 7.92. The summed E-state index contributed by atoms with van der Waals surface area (Å²) >= 11 is 2.01. The van der Waals surface area contributed by atoms with Crippen LogP contribution in [0.1, 0.15) is 52.9 Å². The van der Waals surface area contributed by atoms with Crippen molar-refractivity contribution in [2.45, 2.75) is 69.4 Å². The molecule has 1 fully saturated rings. The van der Waals surface area contributed by atoms with E-state index in [2.05, 4.69) is 26.1 Å². The van der Waals surface area contributed by atoms with Gasteiger partial charge in [-0.2, -0.15) is 11.8 Å². The van der Waals surface area contributed by atoms with Crippen LogP contribution < -0.4 is 5.32 Å². The predicted molar refractivity (Wildman–Crippen MR) is 90.3 cm³/mol. The van der Waals surface area contributed by atoms with Crippen molar-refractivity contribution < 1.29 is 8.42 Å². The summed E-state index contributed by atoms with van der Waals surface area (Å²) in [5, 5.41) is 4.16. The Morgan fingerprint density at radius 3 is 2.55 bits per heavy atom. The molecule has 0 saturated heterocycles. The summed E-state index contributed by atoms with van der Waals surface area (Å²) in [5.41, 5.74) is 0. The van der Waals surface area contributed by atoms with Gasteiger partial charge >= 0.3 is 0 Å². The van der Waals surface area contributed by atoms with Gasteiger partial charge in [-0.3, -0.25) is 0 Å². The van der Waals surface area contributed by atoms with E-state index < -0.39 is 9.84 Å². The third kappa shape index (κ3) is 5.94. The van der Waals surface area contributed by atoms with E-state index in [9.17, 15) is 8.42 Å². The molecule has 1 saturated carbocycles. The van der Waals surface area contributed by atoms with Gasteiger partial charge in [0.15, 0.2) is 0 Å². The molecule has 0 aromatic carbocycles. The van der Waals surface area contributed by atoms with Crippen LogP contribution in [0.15, 0.2) is 0 Å². The summed E-state index contributed by atoms with van der Waals surface area (Å²) < 4.78 is 23.6. The number of hydrogen-bond donors (Lipinski definition) is 1. The lowest BCUT2D eigenvalue weighted by Crippen LogP contribution is -2.42. The van der Waals surface area contributed by atoms with E-state index in [4.69, 9.17) is 0 Å². The second kappa shape index (κ2) is 8.64. The smallest absolute Gasteiger partial charge is 0.150 e. The Morgan fingerprint density at radius 2 is 2.00 bits per heavy atom. The quantitative estimate of drug-likeness (QED) is 0.746. The standard InChI is InChI=1S/C15H31NO2S2/c1-5-12(3)19-11-15(16-6-2)13-8-7-9-14(10-13)20(4,17)18/h12-16H,5-11H2,1-4H3. The lowest BCUT2D eigenvalue weighted by Gasteiger charge is -2.34. The van der Waals surface area contributed by atoms with Crippen LogP contribution >= 0.6 is 11.8 Å². The first-order valence-corrected chi connectivity index (χ1v) is 10.9. The van der Waals surface area contributed by atoms with E-state index in [1.165, 1.54) is 19.1 Å². The molecule has 0 spiro atoms. The molecule has 0 aromatic heterocycles. The Kier molecular flexibility index (Phi) is 7.91. The second-order valence-electron chi connectivity index (χ2n) is 6.09. The van der Waals surface area contributed by atoms with Crippen LogP contribution in [0.4, 0.5) is 0 Å². The van der Waals surface area contributed by atoms with Gasteiger partial charge in [0.1, 0.15) is 9.84 Å². The normalized spacial score (nSPS) is 27.2. The van der Waals surface area contributed by atoms with Crippen LogP contribution in [0.2, 0.25) is 0 Å². The maximum atomic E-state index is 11.8. The van der Waals surface area contributed by atoms with Crippen molar-refractivity contribution >= 4 is 21.6 Å². The predicted octanol–water partition coefficient (Wildman–Crippen LogP) is 3.10. The molecule has 1 rings (SSSR count). The van der Waals surface area contributed by atoms with Gasteiger partial charge in [0.2, 0.25) is 0 Å². The van der Waals surface area contributed by atoms with Gasteiger partial charge in [0, 0.05) is 23.3 Å². The fraction of sp³-hybridized carbons (Fsp3) is 1.00. The molecule has 0 amide bonds. The second-order valence-corrected chi connectivity index (χ2v) is 9.89. The first-order chi connectivity index (χ1) is 9.38. The Bertz CT molecular complexity index is 370. The summed E-state index contributed by atoms with van der Waals surface area (Å²) in [7, 11) is -2.88. The molecule has 0 aromatic rings. The molecule has 0 radical (unpaired) electrons. The van der Waals surface area contributed by atoms with Crippen molar-refractivity contribution in [3.63, 3.8) is 0 Å². The Labute approximate surface area is 129 Å². The topological polar surface area (TPSA) is 46.2 Å². The number of hydrogen-bond acceptors (Lipinski definition) is 4. The third-order valence-corrected chi connectivity index (χ3v) is 7.54. The summed E-state index contributed by atoms with van der Waals surface area (Å²) in [6.45, 7) is 7.59. The van der Waals surface area contributed by atoms with E-state index in [0.717, 1.165) is 31.6 Å². The van der Waals surface area contributed by atoms with Crippen LogP contribution in [-0.2, 0) is 9.84 Å². The molecule has 0 heterocycles. The Balaban J connectivity index is 2.61. The highest BCUT2D eigenvalue weighted by Gasteiger charge is 2.32. The number of rotatable bonds is 8. The van der Waals surface area contributed by atoms with E-state index in [-0.39, 0.29) is 5.25 Å². The van der Waals surface area contributed by atoms with Gasteiger partial charge in [-0.25, -0.2) is 8.42 Å². The van der Waals surface area contributed by atoms with Gasteiger partial charge in [0.05, 0.1) is 5.25 Å². The molecular formula is C15H31NO2S2. The molecule has 120 valence electrons. The summed E-state index contributed by atoms with van der Waals surface area (Å²) in [6, 6.07) is 0.462. The third-order valence-electron chi connectivity index (χ3n) is 4.44. The number of thioether (sulfide) groups is 1. The number of sulfone groups is 1. The molecule has 1 aliphatic rings. The minimum atomic E-state index is -2.88. The van der Waals surface area contributed by atoms with Gasteiger partial charge in [0.25, 0.3) is 0 Å². The zero-order chi connectivity index (χ0) is 15.2. The lowest BCUT2D eigenvalue weighted by molar-refractivity contribution is 0.288. The molecule has 20 heavy (non-hydrogen) atoms. The molecule has 0 bridgehead atoms. The highest BCUT2D eigenvalue weighted by atomic mass is 32.2. The highest BCUT2D eigenvalue weighted by molar-refractivity contribution is 7.99. The summed E-state index contributed by atoms with van der Waals surface area (Å²) in [6.07, 6.45) is 6.52. The van der Waals surface area contributed by atoms with Crippen LogP contribution in [0.5, 0.6) is 0 Å². The molecule has 1 aliphatic carbocycles. The average Bonchev–Trinajstić information content (AvgIpc) is 2.42. The van der Waals surface area contributed by atoms with Crippen LogP contribution in [-0.4, -0.2) is 43.5 Å². The van der Waals surface area contributed by atoms with Crippen molar-refractivity contribution in [2.75, 3.05) is 18.6 Å². The average molecular weight is 322 g/mol. The summed E-state index contributed by atoms with van der Waals surface area (Å²) in [5.74, 6) is 1.62. The molecule has 4 atom stereocenters. The largest absolute Gasteiger partial charge is 0.313 e. The van der Waals surface area contributed by atoms with Gasteiger partial charge in [-0.1, -0.05) is 27.2 Å². The maximum Gasteiger partial charge on any atom is 0.150 e. The van der Waals surface area contributed by atoms with Crippen LogP contribution in [0, 0.1) is 5.92 Å². The molecule has 4 unspecified atom stereocenters.